The second kappa shape index (κ2) is 14.2. The third-order valence-electron chi connectivity index (χ3n) is 6.36. The van der Waals surface area contributed by atoms with Crippen molar-refractivity contribution in [3.63, 3.8) is 0 Å². The number of aromatic nitrogens is 1. The van der Waals surface area contributed by atoms with Crippen molar-refractivity contribution in [2.45, 2.75) is 38.6 Å². The van der Waals surface area contributed by atoms with Crippen molar-refractivity contribution < 1.29 is 29.3 Å². The second-order valence-electron chi connectivity index (χ2n) is 9.42. The molecule has 0 saturated carbocycles. The van der Waals surface area contributed by atoms with Gasteiger partial charge in [0.1, 0.15) is 11.5 Å². The molecule has 0 atom stereocenters. The topological polar surface area (TPSA) is 98.0 Å². The lowest BCUT2D eigenvalue weighted by Gasteiger charge is -2.08. The monoisotopic (exact) mass is 561 g/mol. The third kappa shape index (κ3) is 8.38. The first-order chi connectivity index (χ1) is 19.4. The van der Waals surface area contributed by atoms with E-state index in [-0.39, 0.29) is 12.8 Å². The van der Waals surface area contributed by atoms with Crippen LogP contribution in [0.1, 0.15) is 42.4 Å². The Labute approximate surface area is 238 Å². The van der Waals surface area contributed by atoms with Gasteiger partial charge in [0, 0.05) is 35.1 Å². The van der Waals surface area contributed by atoms with Crippen molar-refractivity contribution in [3.8, 4) is 11.5 Å². The van der Waals surface area contributed by atoms with Gasteiger partial charge in [0.05, 0.1) is 19.6 Å². The van der Waals surface area contributed by atoms with E-state index in [1.54, 1.807) is 6.07 Å². The van der Waals surface area contributed by atoms with Crippen LogP contribution in [0.15, 0.2) is 72.9 Å². The average Bonchev–Trinajstić information content (AvgIpc) is 3.27. The zero-order valence-electron chi connectivity index (χ0n) is 22.1. The fourth-order valence-corrected chi connectivity index (χ4v) is 4.67. The summed E-state index contributed by atoms with van der Waals surface area (Å²) in [4.78, 5) is 22.4. The molecule has 0 radical (unpaired) electrons. The van der Waals surface area contributed by atoms with Crippen LogP contribution in [0.4, 0.5) is 0 Å². The molecule has 2 N–H and O–H groups in total. The largest absolute Gasteiger partial charge is 0.494 e. The SMILES string of the molecule is O=C(O)CCCn1cc(CC(=O)O)c2c(C=Cc3ccc(OCCCCOc4cccc(Cl)c4)cc3)cccc21. The molecule has 7 nitrogen and oxygen atoms in total. The van der Waals surface area contributed by atoms with E-state index < -0.39 is 11.9 Å². The molecule has 0 spiro atoms. The maximum absolute atomic E-state index is 11.5. The third-order valence-corrected chi connectivity index (χ3v) is 6.59. The normalized spacial score (nSPS) is 11.2. The van der Waals surface area contributed by atoms with Gasteiger partial charge in [-0.1, -0.05) is 54.1 Å². The highest BCUT2D eigenvalue weighted by molar-refractivity contribution is 6.30. The second-order valence-corrected chi connectivity index (χ2v) is 9.86. The number of nitrogens with zero attached hydrogens (tertiary/aromatic N) is 1. The van der Waals surface area contributed by atoms with Crippen molar-refractivity contribution >= 4 is 46.6 Å². The zero-order chi connectivity index (χ0) is 28.3. The number of hydrogen-bond donors (Lipinski definition) is 2. The minimum absolute atomic E-state index is 0.0611. The van der Waals surface area contributed by atoms with Crippen LogP contribution in [0.3, 0.4) is 0 Å². The summed E-state index contributed by atoms with van der Waals surface area (Å²) < 4.78 is 13.5. The van der Waals surface area contributed by atoms with Gasteiger partial charge < -0.3 is 24.3 Å². The van der Waals surface area contributed by atoms with E-state index in [0.717, 1.165) is 46.4 Å². The summed E-state index contributed by atoms with van der Waals surface area (Å²) in [7, 11) is 0. The molecule has 0 amide bonds. The van der Waals surface area contributed by atoms with Crippen molar-refractivity contribution in [2.75, 3.05) is 13.2 Å². The highest BCUT2D eigenvalue weighted by Crippen LogP contribution is 2.28. The lowest BCUT2D eigenvalue weighted by molar-refractivity contribution is -0.137. The summed E-state index contributed by atoms with van der Waals surface area (Å²) in [5.74, 6) is -0.203. The predicted octanol–water partition coefficient (Wildman–Crippen LogP) is 7.20. The highest BCUT2D eigenvalue weighted by Gasteiger charge is 2.14. The lowest BCUT2D eigenvalue weighted by Crippen LogP contribution is -2.02. The minimum Gasteiger partial charge on any atom is -0.494 e. The number of carboxylic acid groups (broad SMARTS) is 2. The fourth-order valence-electron chi connectivity index (χ4n) is 4.49. The number of fused-ring (bicyclic) bond motifs is 1. The zero-order valence-corrected chi connectivity index (χ0v) is 22.8. The molecule has 4 aromatic rings. The molecular formula is C32H32ClNO6. The van der Waals surface area contributed by atoms with E-state index in [4.69, 9.17) is 26.2 Å². The molecule has 4 rings (SSSR count). The number of halogens is 1. The van der Waals surface area contributed by atoms with Crippen molar-refractivity contribution in [1.82, 2.24) is 4.57 Å². The Bertz CT molecular complexity index is 1470. The van der Waals surface area contributed by atoms with Crippen molar-refractivity contribution in [3.05, 3.63) is 94.6 Å². The molecule has 0 saturated heterocycles. The van der Waals surface area contributed by atoms with Crippen molar-refractivity contribution in [2.24, 2.45) is 0 Å². The van der Waals surface area contributed by atoms with Crippen LogP contribution < -0.4 is 9.47 Å². The molecule has 3 aromatic carbocycles. The van der Waals surface area contributed by atoms with E-state index in [0.29, 0.717) is 36.8 Å². The first-order valence-electron chi connectivity index (χ1n) is 13.2. The summed E-state index contributed by atoms with van der Waals surface area (Å²) in [5.41, 5.74) is 3.50. The maximum atomic E-state index is 11.5. The van der Waals surface area contributed by atoms with Gasteiger partial charge in [-0.2, -0.15) is 0 Å². The Morgan fingerprint density at radius 2 is 1.55 bits per heavy atom. The van der Waals surface area contributed by atoms with E-state index in [1.165, 1.54) is 0 Å². The Kier molecular flexibility index (Phi) is 10.2. The number of aliphatic carboxylic acids is 2. The molecule has 0 fully saturated rings. The standard InChI is InChI=1S/C32H32ClNO6/c33-26-7-4-8-28(21-26)40-19-2-1-18-39-27-15-12-23(13-16-27)11-14-24-6-3-9-29-32(24)25(20-31(37)38)22-34(29)17-5-10-30(35)36/h3-4,6-9,11-16,21-22H,1-2,5,10,17-20H2,(H,35,36)(H,37,38). The van der Waals surface area contributed by atoms with Gasteiger partial charge in [0.2, 0.25) is 0 Å². The molecule has 1 aromatic heterocycles. The molecular weight excluding hydrogens is 530 g/mol. The van der Waals surface area contributed by atoms with E-state index in [9.17, 15) is 14.7 Å². The molecule has 208 valence electrons. The molecule has 0 bridgehead atoms. The van der Waals surface area contributed by atoms with Gasteiger partial charge >= 0.3 is 11.9 Å². The fraction of sp³-hybridized carbons (Fsp3) is 0.250. The summed E-state index contributed by atoms with van der Waals surface area (Å²) in [5, 5.41) is 19.9. The smallest absolute Gasteiger partial charge is 0.307 e. The summed E-state index contributed by atoms with van der Waals surface area (Å²) in [6.45, 7) is 1.69. The highest BCUT2D eigenvalue weighted by atomic mass is 35.5. The summed E-state index contributed by atoms with van der Waals surface area (Å²) in [6, 6.07) is 21.0. The Hall–Kier alpha value is -4.23. The first-order valence-corrected chi connectivity index (χ1v) is 13.6. The Morgan fingerprint density at radius 3 is 2.25 bits per heavy atom. The van der Waals surface area contributed by atoms with Crippen LogP contribution in [0, 0.1) is 0 Å². The van der Waals surface area contributed by atoms with Crippen LogP contribution >= 0.6 is 11.6 Å². The molecule has 1 heterocycles. The van der Waals surface area contributed by atoms with Gasteiger partial charge in [0.25, 0.3) is 0 Å². The average molecular weight is 562 g/mol. The Balaban J connectivity index is 1.34. The van der Waals surface area contributed by atoms with Gasteiger partial charge in [-0.25, -0.2) is 0 Å². The van der Waals surface area contributed by atoms with Gasteiger partial charge in [-0.3, -0.25) is 9.59 Å². The first kappa shape index (κ1) is 28.8. The quantitative estimate of drug-likeness (QED) is 0.118. The summed E-state index contributed by atoms with van der Waals surface area (Å²) in [6.07, 6.45) is 7.94. The van der Waals surface area contributed by atoms with E-state index >= 15 is 0 Å². The van der Waals surface area contributed by atoms with E-state index in [1.807, 2.05) is 83.6 Å². The number of rotatable bonds is 15. The van der Waals surface area contributed by atoms with Gasteiger partial charge in [-0.15, -0.1) is 0 Å². The van der Waals surface area contributed by atoms with Crippen LogP contribution in [-0.2, 0) is 22.6 Å². The number of unbranched alkanes of at least 4 members (excludes halogenated alkanes) is 1. The van der Waals surface area contributed by atoms with Gasteiger partial charge in [0.15, 0.2) is 0 Å². The van der Waals surface area contributed by atoms with E-state index in [2.05, 4.69) is 0 Å². The number of aryl methyl sites for hydroxylation is 1. The number of carboxylic acids is 2. The lowest BCUT2D eigenvalue weighted by atomic mass is 10.0. The number of hydrogen-bond acceptors (Lipinski definition) is 4. The number of ether oxygens (including phenoxy) is 2. The van der Waals surface area contributed by atoms with Gasteiger partial charge in [-0.05, 0) is 72.4 Å². The van der Waals surface area contributed by atoms with Crippen molar-refractivity contribution in [1.29, 1.82) is 0 Å². The predicted molar refractivity (Wildman–Crippen MR) is 157 cm³/mol. The Morgan fingerprint density at radius 1 is 0.825 bits per heavy atom. The molecule has 0 aliphatic heterocycles. The maximum Gasteiger partial charge on any atom is 0.307 e. The number of benzene rings is 3. The molecule has 40 heavy (non-hydrogen) atoms. The van der Waals surface area contributed by atoms with Crippen LogP contribution in [0.5, 0.6) is 11.5 Å². The molecule has 8 heteroatoms. The van der Waals surface area contributed by atoms with Crippen LogP contribution in [0.25, 0.3) is 23.1 Å². The molecule has 0 aliphatic rings. The minimum atomic E-state index is -0.910. The molecule has 0 aliphatic carbocycles. The van der Waals surface area contributed by atoms with Crippen LogP contribution in [0.2, 0.25) is 5.02 Å². The number of carbonyl (C=O) groups is 2. The summed E-state index contributed by atoms with van der Waals surface area (Å²) >= 11 is 5.97. The van der Waals surface area contributed by atoms with Crippen LogP contribution in [-0.4, -0.2) is 39.9 Å². The molecule has 0 unspecified atom stereocenters.